The topological polar surface area (TPSA) is 62.2 Å². The highest BCUT2D eigenvalue weighted by molar-refractivity contribution is 9.10. The van der Waals surface area contributed by atoms with E-state index in [1.165, 1.54) is 0 Å². The predicted octanol–water partition coefficient (Wildman–Crippen LogP) is 3.42. The lowest BCUT2D eigenvalue weighted by molar-refractivity contribution is 0.102. The van der Waals surface area contributed by atoms with Gasteiger partial charge in [0, 0.05) is 21.8 Å². The Morgan fingerprint density at radius 3 is 2.79 bits per heavy atom. The second-order valence-electron chi connectivity index (χ2n) is 4.22. The number of nitrogens with zero attached hydrogens (tertiary/aromatic N) is 1. The standard InChI is InChI=1S/C14H13BrN2O2/c1-8-6-13(16-7-11(8)15)17-14(19)10-4-3-5-12(18)9(10)2/h3-7,18H,1-2H3,(H,16,17,19). The number of benzene rings is 1. The fourth-order valence-electron chi connectivity index (χ4n) is 1.66. The van der Waals surface area contributed by atoms with Crippen LogP contribution in [0.15, 0.2) is 34.9 Å². The lowest BCUT2D eigenvalue weighted by Crippen LogP contribution is -2.14. The number of pyridine rings is 1. The number of phenols is 1. The summed E-state index contributed by atoms with van der Waals surface area (Å²) in [5.41, 5.74) is 1.97. The van der Waals surface area contributed by atoms with Crippen LogP contribution in [0.25, 0.3) is 0 Å². The highest BCUT2D eigenvalue weighted by Gasteiger charge is 2.12. The first kappa shape index (κ1) is 13.5. The molecule has 4 nitrogen and oxygen atoms in total. The molecule has 0 unspecified atom stereocenters. The first-order chi connectivity index (χ1) is 8.99. The average Bonchev–Trinajstić information content (AvgIpc) is 2.37. The second-order valence-corrected chi connectivity index (χ2v) is 5.08. The lowest BCUT2D eigenvalue weighted by atomic mass is 10.1. The number of phenolic OH excluding ortho intramolecular Hbond substituents is 1. The molecule has 5 heteroatoms. The van der Waals surface area contributed by atoms with Crippen LogP contribution in [0.1, 0.15) is 21.5 Å². The van der Waals surface area contributed by atoms with Crippen molar-refractivity contribution >= 4 is 27.7 Å². The maximum atomic E-state index is 12.1. The fraction of sp³-hybridized carbons (Fsp3) is 0.143. The summed E-state index contributed by atoms with van der Waals surface area (Å²) >= 11 is 3.35. The first-order valence-corrected chi connectivity index (χ1v) is 6.50. The fourth-order valence-corrected chi connectivity index (χ4v) is 1.88. The van der Waals surface area contributed by atoms with E-state index in [0.29, 0.717) is 16.9 Å². The number of carbonyl (C=O) groups is 1. The average molecular weight is 321 g/mol. The molecule has 0 saturated heterocycles. The summed E-state index contributed by atoms with van der Waals surface area (Å²) in [6, 6.07) is 6.63. The molecule has 2 rings (SSSR count). The van der Waals surface area contributed by atoms with Crippen molar-refractivity contribution < 1.29 is 9.90 Å². The van der Waals surface area contributed by atoms with E-state index in [-0.39, 0.29) is 11.7 Å². The first-order valence-electron chi connectivity index (χ1n) is 5.71. The van der Waals surface area contributed by atoms with Crippen LogP contribution >= 0.6 is 15.9 Å². The van der Waals surface area contributed by atoms with Crippen LogP contribution in [0.4, 0.5) is 5.82 Å². The van der Waals surface area contributed by atoms with Crippen LogP contribution in [-0.4, -0.2) is 16.0 Å². The van der Waals surface area contributed by atoms with Crippen LogP contribution in [0.5, 0.6) is 5.75 Å². The summed E-state index contributed by atoms with van der Waals surface area (Å²) in [5, 5.41) is 12.3. The van der Waals surface area contributed by atoms with Gasteiger partial charge < -0.3 is 10.4 Å². The molecule has 0 atom stereocenters. The molecule has 1 amide bonds. The van der Waals surface area contributed by atoms with Gasteiger partial charge in [-0.05, 0) is 53.5 Å². The Kier molecular flexibility index (Phi) is 3.85. The van der Waals surface area contributed by atoms with E-state index in [4.69, 9.17) is 0 Å². The van der Waals surface area contributed by atoms with Crippen LogP contribution in [0, 0.1) is 13.8 Å². The van der Waals surface area contributed by atoms with Crippen LogP contribution in [-0.2, 0) is 0 Å². The Morgan fingerprint density at radius 1 is 1.37 bits per heavy atom. The third-order valence-electron chi connectivity index (χ3n) is 2.84. The molecule has 1 heterocycles. The summed E-state index contributed by atoms with van der Waals surface area (Å²) in [6.45, 7) is 3.62. The van der Waals surface area contributed by atoms with Crippen molar-refractivity contribution in [3.63, 3.8) is 0 Å². The summed E-state index contributed by atoms with van der Waals surface area (Å²) < 4.78 is 0.888. The maximum Gasteiger partial charge on any atom is 0.257 e. The Hall–Kier alpha value is -1.88. The van der Waals surface area contributed by atoms with Gasteiger partial charge in [0.1, 0.15) is 11.6 Å². The van der Waals surface area contributed by atoms with Gasteiger partial charge in [0.2, 0.25) is 0 Å². The molecule has 0 spiro atoms. The van der Waals surface area contributed by atoms with Crippen molar-refractivity contribution in [2.75, 3.05) is 5.32 Å². The Morgan fingerprint density at radius 2 is 2.11 bits per heavy atom. The summed E-state index contributed by atoms with van der Waals surface area (Å²) in [7, 11) is 0. The Balaban J connectivity index is 2.26. The van der Waals surface area contributed by atoms with Gasteiger partial charge in [-0.15, -0.1) is 0 Å². The number of anilines is 1. The molecule has 0 fully saturated rings. The number of amides is 1. The molecule has 98 valence electrons. The number of nitrogens with one attached hydrogen (secondary N) is 1. The van der Waals surface area contributed by atoms with Crippen LogP contribution in [0.2, 0.25) is 0 Å². The van der Waals surface area contributed by atoms with Crippen molar-refractivity contribution in [1.29, 1.82) is 0 Å². The van der Waals surface area contributed by atoms with Gasteiger partial charge in [0.25, 0.3) is 5.91 Å². The molecule has 0 aliphatic rings. The molecule has 0 bridgehead atoms. The molecule has 0 radical (unpaired) electrons. The van der Waals surface area contributed by atoms with Gasteiger partial charge in [-0.3, -0.25) is 4.79 Å². The van der Waals surface area contributed by atoms with E-state index in [1.807, 2.05) is 6.92 Å². The van der Waals surface area contributed by atoms with Crippen molar-refractivity contribution in [1.82, 2.24) is 4.98 Å². The molecule has 0 saturated carbocycles. The molecular weight excluding hydrogens is 308 g/mol. The van der Waals surface area contributed by atoms with Crippen molar-refractivity contribution in [2.45, 2.75) is 13.8 Å². The highest BCUT2D eigenvalue weighted by Crippen LogP contribution is 2.21. The molecule has 2 N–H and O–H groups in total. The molecule has 2 aromatic rings. The van der Waals surface area contributed by atoms with E-state index in [9.17, 15) is 9.90 Å². The molecule has 19 heavy (non-hydrogen) atoms. The number of aromatic hydroxyl groups is 1. The smallest absolute Gasteiger partial charge is 0.257 e. The largest absolute Gasteiger partial charge is 0.508 e. The van der Waals surface area contributed by atoms with Crippen LogP contribution in [0.3, 0.4) is 0 Å². The molecule has 0 aliphatic heterocycles. The zero-order chi connectivity index (χ0) is 14.0. The van der Waals surface area contributed by atoms with Gasteiger partial charge in [-0.25, -0.2) is 4.98 Å². The predicted molar refractivity (Wildman–Crippen MR) is 77.5 cm³/mol. The quantitative estimate of drug-likeness (QED) is 0.891. The number of rotatable bonds is 2. The number of halogens is 1. The number of aryl methyl sites for hydroxylation is 1. The second kappa shape index (κ2) is 5.40. The van der Waals surface area contributed by atoms with Crippen molar-refractivity contribution in [3.05, 3.63) is 51.6 Å². The zero-order valence-corrected chi connectivity index (χ0v) is 12.2. The Labute approximate surface area is 119 Å². The van der Waals surface area contributed by atoms with E-state index in [2.05, 4.69) is 26.2 Å². The number of hydrogen-bond acceptors (Lipinski definition) is 3. The zero-order valence-electron chi connectivity index (χ0n) is 10.6. The monoisotopic (exact) mass is 320 g/mol. The van der Waals surface area contributed by atoms with E-state index in [0.717, 1.165) is 10.0 Å². The van der Waals surface area contributed by atoms with Crippen molar-refractivity contribution in [3.8, 4) is 5.75 Å². The molecule has 0 aliphatic carbocycles. The lowest BCUT2D eigenvalue weighted by Gasteiger charge is -2.09. The minimum atomic E-state index is -0.289. The minimum Gasteiger partial charge on any atom is -0.508 e. The van der Waals surface area contributed by atoms with Gasteiger partial charge in [0.05, 0.1) is 0 Å². The third kappa shape index (κ3) is 2.93. The summed E-state index contributed by atoms with van der Waals surface area (Å²) in [4.78, 5) is 16.2. The van der Waals surface area contributed by atoms with Gasteiger partial charge >= 0.3 is 0 Å². The van der Waals surface area contributed by atoms with E-state index in [1.54, 1.807) is 37.4 Å². The minimum absolute atomic E-state index is 0.104. The molecule has 1 aromatic carbocycles. The maximum absolute atomic E-state index is 12.1. The summed E-state index contributed by atoms with van der Waals surface area (Å²) in [6.07, 6.45) is 1.64. The highest BCUT2D eigenvalue weighted by atomic mass is 79.9. The number of aromatic nitrogens is 1. The third-order valence-corrected chi connectivity index (χ3v) is 3.67. The molecular formula is C14H13BrN2O2. The van der Waals surface area contributed by atoms with Gasteiger partial charge in [-0.2, -0.15) is 0 Å². The van der Waals surface area contributed by atoms with E-state index >= 15 is 0 Å². The van der Waals surface area contributed by atoms with Gasteiger partial charge in [-0.1, -0.05) is 6.07 Å². The van der Waals surface area contributed by atoms with Crippen molar-refractivity contribution in [2.24, 2.45) is 0 Å². The van der Waals surface area contributed by atoms with E-state index < -0.39 is 0 Å². The number of hydrogen-bond donors (Lipinski definition) is 2. The summed E-state index contributed by atoms with van der Waals surface area (Å²) in [5.74, 6) is 0.295. The number of carbonyl (C=O) groups excluding carboxylic acids is 1. The van der Waals surface area contributed by atoms with Crippen LogP contribution < -0.4 is 5.32 Å². The normalized spacial score (nSPS) is 10.3. The Bertz CT molecular complexity index is 641. The SMILES string of the molecule is Cc1cc(NC(=O)c2cccc(O)c2C)ncc1Br. The van der Waals surface area contributed by atoms with Gasteiger partial charge in [0.15, 0.2) is 0 Å². The molecule has 1 aromatic heterocycles.